The van der Waals surface area contributed by atoms with Crippen LogP contribution in [0, 0.1) is 0 Å². The van der Waals surface area contributed by atoms with Crippen molar-refractivity contribution in [3.8, 4) is 33.4 Å². The summed E-state index contributed by atoms with van der Waals surface area (Å²) in [5.74, 6) is 0. The number of benzene rings is 8. The lowest BCUT2D eigenvalue weighted by molar-refractivity contribution is 1.68. The molecule has 0 amide bonds. The van der Waals surface area contributed by atoms with Gasteiger partial charge in [0.2, 0.25) is 0 Å². The maximum absolute atomic E-state index is 2.39. The van der Waals surface area contributed by atoms with E-state index in [0.717, 1.165) is 0 Å². The predicted octanol–water partition coefficient (Wildman–Crippen LogP) is 9.95. The van der Waals surface area contributed by atoms with Gasteiger partial charge in [-0.3, -0.25) is 0 Å². The summed E-state index contributed by atoms with van der Waals surface area (Å²) in [5.41, 5.74) is 8.11. The van der Waals surface area contributed by atoms with Gasteiger partial charge >= 0.3 is 0 Å². The third-order valence-corrected chi connectivity index (χ3v) is 11.9. The van der Waals surface area contributed by atoms with E-state index in [0.29, 0.717) is 0 Å². The second-order valence-electron chi connectivity index (χ2n) is 11.4. The molecule has 0 N–H and O–H groups in total. The summed E-state index contributed by atoms with van der Waals surface area (Å²) < 4.78 is 0. The first kappa shape index (κ1) is 24.6. The van der Waals surface area contributed by atoms with Gasteiger partial charge in [-0.15, -0.1) is 0 Å². The van der Waals surface area contributed by atoms with E-state index < -0.39 is 7.92 Å². The molecule has 43 heavy (non-hydrogen) atoms. The number of hydrogen-bond donors (Lipinski definition) is 0. The van der Waals surface area contributed by atoms with Crippen molar-refractivity contribution in [1.82, 2.24) is 0 Å². The minimum absolute atomic E-state index is 1.27. The Labute approximate surface area is 252 Å². The lowest BCUT2D eigenvalue weighted by Crippen LogP contribution is -2.23. The third-order valence-electron chi connectivity index (χ3n) is 9.07. The first-order valence-electron chi connectivity index (χ1n) is 15.0. The molecule has 0 aromatic heterocycles. The zero-order valence-electron chi connectivity index (χ0n) is 23.6. The Morgan fingerprint density at radius 1 is 0.349 bits per heavy atom. The summed E-state index contributed by atoms with van der Waals surface area (Å²) in [6.45, 7) is 0. The van der Waals surface area contributed by atoms with Gasteiger partial charge in [0, 0.05) is 16.5 Å². The van der Waals surface area contributed by atoms with Crippen LogP contribution in [0.5, 0.6) is 0 Å². The summed E-state index contributed by atoms with van der Waals surface area (Å²) in [7, 11) is -1.37. The minimum atomic E-state index is -1.37. The summed E-state index contributed by atoms with van der Waals surface area (Å²) in [4.78, 5) is 0. The highest BCUT2D eigenvalue weighted by Gasteiger charge is 2.37. The van der Waals surface area contributed by atoms with Crippen molar-refractivity contribution in [1.29, 1.82) is 0 Å². The Kier molecular flexibility index (Phi) is 5.58. The molecule has 0 atom stereocenters. The van der Waals surface area contributed by atoms with E-state index in [4.69, 9.17) is 0 Å². The van der Waals surface area contributed by atoms with Crippen LogP contribution in [-0.4, -0.2) is 0 Å². The average molecular weight is 564 g/mol. The van der Waals surface area contributed by atoms with Crippen LogP contribution in [0.15, 0.2) is 164 Å². The highest BCUT2D eigenvalue weighted by Crippen LogP contribution is 2.56. The topological polar surface area (TPSA) is 0 Å². The van der Waals surface area contributed by atoms with Crippen LogP contribution in [0.4, 0.5) is 0 Å². The Hall–Kier alpha value is -5.03. The average Bonchev–Trinajstić information content (AvgIpc) is 3.41. The Balaban J connectivity index is 1.49. The molecule has 200 valence electrons. The van der Waals surface area contributed by atoms with Gasteiger partial charge in [-0.25, -0.2) is 0 Å². The molecule has 0 nitrogen and oxygen atoms in total. The molecule has 1 aliphatic rings. The van der Waals surface area contributed by atoms with Gasteiger partial charge < -0.3 is 0 Å². The highest BCUT2D eigenvalue weighted by atomic mass is 31.1. The molecule has 0 heterocycles. The summed E-state index contributed by atoms with van der Waals surface area (Å²) in [5, 5.41) is 12.2. The Morgan fingerprint density at radius 3 is 1.60 bits per heavy atom. The monoisotopic (exact) mass is 563 g/mol. The second-order valence-corrected chi connectivity index (χ2v) is 13.8. The lowest BCUT2D eigenvalue weighted by Gasteiger charge is -2.21. The van der Waals surface area contributed by atoms with E-state index in [1.807, 2.05) is 0 Å². The van der Waals surface area contributed by atoms with E-state index in [9.17, 15) is 0 Å². The number of hydrogen-bond acceptors (Lipinski definition) is 0. The summed E-state index contributed by atoms with van der Waals surface area (Å²) in [6, 6.07) is 61.0. The van der Waals surface area contributed by atoms with Crippen LogP contribution in [0.3, 0.4) is 0 Å². The third kappa shape index (κ3) is 3.74. The van der Waals surface area contributed by atoms with Gasteiger partial charge in [-0.05, 0) is 79.5 Å². The van der Waals surface area contributed by atoms with E-state index in [1.54, 1.807) is 0 Å². The molecule has 8 aromatic rings. The first-order valence-corrected chi connectivity index (χ1v) is 16.5. The van der Waals surface area contributed by atoms with Crippen molar-refractivity contribution in [3.05, 3.63) is 164 Å². The highest BCUT2D eigenvalue weighted by molar-refractivity contribution is 7.80. The molecule has 0 fully saturated rings. The smallest absolute Gasteiger partial charge is 0.0620 e. The van der Waals surface area contributed by atoms with Gasteiger partial charge in [-0.2, -0.15) is 0 Å². The van der Waals surface area contributed by atoms with E-state index in [2.05, 4.69) is 164 Å². The van der Waals surface area contributed by atoms with Crippen molar-refractivity contribution in [2.45, 2.75) is 0 Å². The van der Waals surface area contributed by atoms with Crippen molar-refractivity contribution in [2.24, 2.45) is 0 Å². The Morgan fingerprint density at radius 2 is 0.907 bits per heavy atom. The zero-order valence-corrected chi connectivity index (χ0v) is 24.6. The zero-order chi connectivity index (χ0) is 28.3. The molecule has 0 radical (unpaired) electrons. The van der Waals surface area contributed by atoms with Gasteiger partial charge in [-0.1, -0.05) is 133 Å². The predicted molar refractivity (Wildman–Crippen MR) is 189 cm³/mol. The number of rotatable bonds is 4. The van der Waals surface area contributed by atoms with Gasteiger partial charge in [0.15, 0.2) is 0 Å². The van der Waals surface area contributed by atoms with Crippen LogP contribution in [0.2, 0.25) is 0 Å². The maximum atomic E-state index is 2.39. The van der Waals surface area contributed by atoms with Crippen molar-refractivity contribution in [3.63, 3.8) is 0 Å². The molecule has 0 saturated heterocycles. The molecular formula is C42H28P+. The van der Waals surface area contributed by atoms with E-state index in [1.165, 1.54) is 81.6 Å². The fraction of sp³-hybridized carbons (Fsp3) is 0. The number of fused-ring (bicyclic) bond motifs is 5. The van der Waals surface area contributed by atoms with Crippen LogP contribution in [0.1, 0.15) is 0 Å². The van der Waals surface area contributed by atoms with Crippen molar-refractivity contribution in [2.75, 3.05) is 0 Å². The lowest BCUT2D eigenvalue weighted by atomic mass is 9.87. The maximum Gasteiger partial charge on any atom is 0.118 e. The first-order chi connectivity index (χ1) is 21.4. The van der Waals surface area contributed by atoms with Gasteiger partial charge in [0.05, 0.1) is 7.92 Å². The fourth-order valence-corrected chi connectivity index (χ4v) is 10.3. The normalized spacial score (nSPS) is 11.9. The van der Waals surface area contributed by atoms with Gasteiger partial charge in [0.25, 0.3) is 0 Å². The quantitative estimate of drug-likeness (QED) is 0.187. The van der Waals surface area contributed by atoms with E-state index in [-0.39, 0.29) is 0 Å². The molecule has 9 rings (SSSR count). The molecule has 8 aromatic carbocycles. The largest absolute Gasteiger partial charge is 0.118 e. The van der Waals surface area contributed by atoms with Crippen LogP contribution < -0.4 is 15.9 Å². The SMILES string of the molecule is c1ccc([PH+](c2ccccc2)c2c3c(c(-c4ccc5ccccc5c4)c4ccccc24)-c2cccc4cccc-3c24)cc1. The minimum Gasteiger partial charge on any atom is -0.0620 e. The van der Waals surface area contributed by atoms with Gasteiger partial charge in [0.1, 0.15) is 15.9 Å². The molecule has 0 spiro atoms. The fourth-order valence-electron chi connectivity index (χ4n) is 7.30. The summed E-state index contributed by atoms with van der Waals surface area (Å²) >= 11 is 0. The van der Waals surface area contributed by atoms with E-state index >= 15 is 0 Å². The molecule has 0 saturated carbocycles. The van der Waals surface area contributed by atoms with Crippen LogP contribution >= 0.6 is 7.92 Å². The molecule has 0 unspecified atom stereocenters. The molecule has 1 aliphatic carbocycles. The summed E-state index contributed by atoms with van der Waals surface area (Å²) in [6.07, 6.45) is 0. The van der Waals surface area contributed by atoms with Crippen LogP contribution in [0.25, 0.3) is 65.7 Å². The molecule has 0 bridgehead atoms. The van der Waals surface area contributed by atoms with Crippen molar-refractivity contribution >= 4 is 56.2 Å². The molecular weight excluding hydrogens is 535 g/mol. The second kappa shape index (κ2) is 9.77. The standard InChI is InChI=1S/C42H27P/c1-3-17-32(18-4-1)43(33-19-5-2-6-20-33)42-35-22-10-9-21-34(35)39(31-26-25-28-13-7-8-14-30(28)27-31)40-36-23-11-15-29-16-12-24-37(38(29)36)41(40)42/h1-27H/p+1. The van der Waals surface area contributed by atoms with Crippen LogP contribution in [-0.2, 0) is 0 Å². The van der Waals surface area contributed by atoms with Crippen molar-refractivity contribution < 1.29 is 0 Å². The molecule has 1 heteroatoms. The molecule has 0 aliphatic heterocycles. The Bertz CT molecular complexity index is 2290.